The number of amides is 1. The van der Waals surface area contributed by atoms with E-state index in [1.807, 2.05) is 0 Å². The van der Waals surface area contributed by atoms with Crippen molar-refractivity contribution in [2.24, 2.45) is 0 Å². The summed E-state index contributed by atoms with van der Waals surface area (Å²) < 4.78 is 6.63. The second-order valence-corrected chi connectivity index (χ2v) is 6.88. The van der Waals surface area contributed by atoms with Crippen molar-refractivity contribution in [3.8, 4) is 0 Å². The normalized spacial score (nSPS) is 11.0. The van der Waals surface area contributed by atoms with Crippen molar-refractivity contribution in [1.29, 1.82) is 0 Å². The van der Waals surface area contributed by atoms with Crippen molar-refractivity contribution in [1.82, 2.24) is 14.9 Å². The van der Waals surface area contributed by atoms with Crippen LogP contribution in [0.3, 0.4) is 0 Å². The first-order valence-corrected chi connectivity index (χ1v) is 9.51. The number of aromatic nitrogens is 2. The molecular weight excluding hydrogens is 362 g/mol. The number of benzene rings is 1. The smallest absolute Gasteiger partial charge is 0.262 e. The van der Waals surface area contributed by atoms with E-state index in [2.05, 4.69) is 17.2 Å². The molecule has 0 spiro atoms. The first kappa shape index (κ1) is 19.8. The molecule has 0 bridgehead atoms. The lowest BCUT2D eigenvalue weighted by atomic mass is 10.2. The molecule has 0 atom stereocenters. The van der Waals surface area contributed by atoms with Crippen molar-refractivity contribution < 1.29 is 9.53 Å². The number of hydrogen-bond donors (Lipinski definition) is 1. The van der Waals surface area contributed by atoms with Crippen LogP contribution in [-0.2, 0) is 16.1 Å². The van der Waals surface area contributed by atoms with Gasteiger partial charge in [0.1, 0.15) is 0 Å². The van der Waals surface area contributed by atoms with E-state index < -0.39 is 0 Å². The number of ether oxygens (including phenoxy) is 1. The standard InChI is InChI=1S/C17H22ClN3O3S/c1-3-4-7-19-15(22)11-25-17-20-14-10-12(18)5-6-13(14)16(23)21(17)8-9-24-2/h5-6,10H,3-4,7-9,11H2,1-2H3,(H,19,22). The Morgan fingerprint density at radius 2 is 2.24 bits per heavy atom. The summed E-state index contributed by atoms with van der Waals surface area (Å²) in [7, 11) is 1.58. The Morgan fingerprint density at radius 1 is 1.44 bits per heavy atom. The highest BCUT2D eigenvalue weighted by Gasteiger charge is 2.13. The average Bonchev–Trinajstić information content (AvgIpc) is 2.59. The molecule has 1 amide bonds. The van der Waals surface area contributed by atoms with Gasteiger partial charge in [0, 0.05) is 18.7 Å². The van der Waals surface area contributed by atoms with Gasteiger partial charge >= 0.3 is 0 Å². The second-order valence-electron chi connectivity index (χ2n) is 5.50. The minimum Gasteiger partial charge on any atom is -0.383 e. The molecule has 6 nitrogen and oxygen atoms in total. The van der Waals surface area contributed by atoms with Gasteiger partial charge in [-0.3, -0.25) is 14.2 Å². The van der Waals surface area contributed by atoms with Crippen LogP contribution in [0.1, 0.15) is 19.8 Å². The number of halogens is 1. The average molecular weight is 384 g/mol. The Balaban J connectivity index is 2.26. The maximum Gasteiger partial charge on any atom is 0.262 e. The zero-order chi connectivity index (χ0) is 18.2. The van der Waals surface area contributed by atoms with E-state index in [1.54, 1.807) is 29.9 Å². The van der Waals surface area contributed by atoms with Crippen LogP contribution in [-0.4, -0.2) is 41.5 Å². The van der Waals surface area contributed by atoms with Crippen LogP contribution in [0.4, 0.5) is 0 Å². The van der Waals surface area contributed by atoms with Gasteiger partial charge in [0.2, 0.25) is 5.91 Å². The number of thioether (sulfide) groups is 1. The summed E-state index contributed by atoms with van der Waals surface area (Å²) in [5.74, 6) is 0.132. The van der Waals surface area contributed by atoms with Gasteiger partial charge in [-0.15, -0.1) is 0 Å². The Morgan fingerprint density at radius 3 is 2.96 bits per heavy atom. The number of nitrogens with one attached hydrogen (secondary N) is 1. The summed E-state index contributed by atoms with van der Waals surface area (Å²) in [6.07, 6.45) is 1.97. The molecular formula is C17H22ClN3O3S. The summed E-state index contributed by atoms with van der Waals surface area (Å²) in [5, 5.41) is 4.36. The van der Waals surface area contributed by atoms with Crippen molar-refractivity contribution in [3.63, 3.8) is 0 Å². The molecule has 25 heavy (non-hydrogen) atoms. The van der Waals surface area contributed by atoms with Gasteiger partial charge < -0.3 is 10.1 Å². The zero-order valence-electron chi connectivity index (χ0n) is 14.4. The molecule has 0 aliphatic heterocycles. The van der Waals surface area contributed by atoms with Gasteiger partial charge in [0.25, 0.3) is 5.56 Å². The number of fused-ring (bicyclic) bond motifs is 1. The summed E-state index contributed by atoms with van der Waals surface area (Å²) >= 11 is 7.25. The van der Waals surface area contributed by atoms with Crippen LogP contribution in [0.15, 0.2) is 28.2 Å². The van der Waals surface area contributed by atoms with Gasteiger partial charge in [-0.1, -0.05) is 36.7 Å². The maximum atomic E-state index is 12.7. The fraction of sp³-hybridized carbons (Fsp3) is 0.471. The highest BCUT2D eigenvalue weighted by molar-refractivity contribution is 7.99. The molecule has 0 aliphatic rings. The predicted molar refractivity (Wildman–Crippen MR) is 102 cm³/mol. The molecule has 0 radical (unpaired) electrons. The van der Waals surface area contributed by atoms with Crippen LogP contribution < -0.4 is 10.9 Å². The second kappa shape index (κ2) is 9.79. The maximum absolute atomic E-state index is 12.7. The predicted octanol–water partition coefficient (Wildman–Crippen LogP) is 2.70. The zero-order valence-corrected chi connectivity index (χ0v) is 16.0. The Hall–Kier alpha value is -1.57. The molecule has 2 aromatic rings. The number of rotatable bonds is 9. The Kier molecular flexibility index (Phi) is 7.74. The SMILES string of the molecule is CCCCNC(=O)CSc1nc2cc(Cl)ccc2c(=O)n1CCOC. The first-order valence-electron chi connectivity index (χ1n) is 8.15. The molecule has 0 unspecified atom stereocenters. The van der Waals surface area contributed by atoms with Gasteiger partial charge in [-0.25, -0.2) is 4.98 Å². The monoisotopic (exact) mass is 383 g/mol. The van der Waals surface area contributed by atoms with E-state index >= 15 is 0 Å². The number of hydrogen-bond acceptors (Lipinski definition) is 5. The van der Waals surface area contributed by atoms with E-state index in [1.165, 1.54) is 11.8 Å². The molecule has 1 heterocycles. The molecule has 8 heteroatoms. The van der Waals surface area contributed by atoms with Crippen molar-refractivity contribution in [2.45, 2.75) is 31.5 Å². The van der Waals surface area contributed by atoms with E-state index in [0.29, 0.717) is 40.8 Å². The van der Waals surface area contributed by atoms with Gasteiger partial charge in [-0.2, -0.15) is 0 Å². The lowest BCUT2D eigenvalue weighted by molar-refractivity contribution is -0.118. The fourth-order valence-corrected chi connectivity index (χ4v) is 3.27. The molecule has 0 saturated carbocycles. The van der Waals surface area contributed by atoms with Crippen LogP contribution in [0, 0.1) is 0 Å². The number of unbranched alkanes of at least 4 members (excludes halogenated alkanes) is 1. The molecule has 0 fully saturated rings. The number of carbonyl (C=O) groups excluding carboxylic acids is 1. The Bertz CT molecular complexity index is 795. The summed E-state index contributed by atoms with van der Waals surface area (Å²) in [5.41, 5.74) is 0.368. The van der Waals surface area contributed by atoms with E-state index in [9.17, 15) is 9.59 Å². The molecule has 0 saturated heterocycles. The highest BCUT2D eigenvalue weighted by atomic mass is 35.5. The molecule has 1 aromatic carbocycles. The molecule has 2 rings (SSSR count). The minimum absolute atomic E-state index is 0.0721. The lowest BCUT2D eigenvalue weighted by Crippen LogP contribution is -2.28. The van der Waals surface area contributed by atoms with Crippen LogP contribution in [0.2, 0.25) is 5.02 Å². The third-order valence-electron chi connectivity index (χ3n) is 3.59. The van der Waals surface area contributed by atoms with Gasteiger partial charge in [-0.05, 0) is 24.6 Å². The Labute approximate surface area is 155 Å². The van der Waals surface area contributed by atoms with Crippen molar-refractivity contribution >= 4 is 40.2 Å². The van der Waals surface area contributed by atoms with E-state index in [4.69, 9.17) is 16.3 Å². The summed E-state index contributed by atoms with van der Waals surface area (Å²) in [6.45, 7) is 3.49. The minimum atomic E-state index is -0.160. The highest BCUT2D eigenvalue weighted by Crippen LogP contribution is 2.20. The van der Waals surface area contributed by atoms with E-state index in [-0.39, 0.29) is 17.2 Å². The number of carbonyl (C=O) groups is 1. The van der Waals surface area contributed by atoms with Crippen molar-refractivity contribution in [3.05, 3.63) is 33.6 Å². The fourth-order valence-electron chi connectivity index (χ4n) is 2.25. The summed E-state index contributed by atoms with van der Waals surface area (Å²) in [6, 6.07) is 4.99. The van der Waals surface area contributed by atoms with E-state index in [0.717, 1.165) is 12.8 Å². The molecule has 1 aromatic heterocycles. The summed E-state index contributed by atoms with van der Waals surface area (Å²) in [4.78, 5) is 29.2. The first-order chi connectivity index (χ1) is 12.1. The van der Waals surface area contributed by atoms with Crippen LogP contribution in [0.5, 0.6) is 0 Å². The van der Waals surface area contributed by atoms with Crippen molar-refractivity contribution in [2.75, 3.05) is 26.0 Å². The van der Waals surface area contributed by atoms with Crippen LogP contribution >= 0.6 is 23.4 Å². The molecule has 136 valence electrons. The number of nitrogens with zero attached hydrogens (tertiary/aromatic N) is 2. The quantitative estimate of drug-likeness (QED) is 0.409. The third kappa shape index (κ3) is 5.45. The molecule has 0 aliphatic carbocycles. The molecule has 1 N–H and O–H groups in total. The number of methoxy groups -OCH3 is 1. The van der Waals surface area contributed by atoms with Gasteiger partial charge in [0.15, 0.2) is 5.16 Å². The van der Waals surface area contributed by atoms with Gasteiger partial charge in [0.05, 0.1) is 29.8 Å². The third-order valence-corrected chi connectivity index (χ3v) is 4.80. The van der Waals surface area contributed by atoms with Crippen LogP contribution in [0.25, 0.3) is 10.9 Å². The largest absolute Gasteiger partial charge is 0.383 e. The topological polar surface area (TPSA) is 73.2 Å². The lowest BCUT2D eigenvalue weighted by Gasteiger charge is -2.13.